The smallest absolute Gasteiger partial charge is 0.234 e. The van der Waals surface area contributed by atoms with Crippen LogP contribution in [0.1, 0.15) is 33.6 Å². The molecule has 1 heterocycles. The predicted molar refractivity (Wildman–Crippen MR) is 72.3 cm³/mol. The number of ether oxygens (including phenoxy) is 1. The van der Waals surface area contributed by atoms with Crippen LogP contribution in [0.5, 0.6) is 0 Å². The molecule has 1 fully saturated rings. The lowest BCUT2D eigenvalue weighted by Crippen LogP contribution is -2.52. The van der Waals surface area contributed by atoms with Gasteiger partial charge < -0.3 is 15.8 Å². The highest BCUT2D eigenvalue weighted by Gasteiger charge is 2.25. The molecule has 0 bridgehead atoms. The summed E-state index contributed by atoms with van der Waals surface area (Å²) in [5, 5.41) is 3.02. The molecular formula is C13H27N3O2. The summed E-state index contributed by atoms with van der Waals surface area (Å²) in [7, 11) is 0. The van der Waals surface area contributed by atoms with Crippen LogP contribution in [0.2, 0.25) is 0 Å². The van der Waals surface area contributed by atoms with Gasteiger partial charge in [0.1, 0.15) is 0 Å². The summed E-state index contributed by atoms with van der Waals surface area (Å²) in [6.45, 7) is 8.69. The molecule has 1 aliphatic heterocycles. The largest absolute Gasteiger partial charge is 0.371 e. The molecule has 5 heteroatoms. The lowest BCUT2D eigenvalue weighted by Gasteiger charge is -2.36. The maximum Gasteiger partial charge on any atom is 0.234 e. The minimum Gasteiger partial charge on any atom is -0.371 e. The van der Waals surface area contributed by atoms with E-state index in [1.54, 1.807) is 0 Å². The van der Waals surface area contributed by atoms with Crippen molar-refractivity contribution in [2.24, 2.45) is 5.73 Å². The van der Waals surface area contributed by atoms with Crippen molar-refractivity contribution >= 4 is 5.91 Å². The van der Waals surface area contributed by atoms with E-state index in [9.17, 15) is 4.79 Å². The van der Waals surface area contributed by atoms with Gasteiger partial charge in [-0.15, -0.1) is 0 Å². The van der Waals surface area contributed by atoms with Crippen molar-refractivity contribution in [2.75, 3.05) is 26.2 Å². The van der Waals surface area contributed by atoms with Crippen LogP contribution in [0.15, 0.2) is 0 Å². The quantitative estimate of drug-likeness (QED) is 0.720. The zero-order valence-corrected chi connectivity index (χ0v) is 11.8. The zero-order chi connectivity index (χ0) is 13.5. The van der Waals surface area contributed by atoms with Crippen molar-refractivity contribution in [2.45, 2.75) is 51.9 Å². The first-order valence-electron chi connectivity index (χ1n) is 6.92. The normalized spacial score (nSPS) is 26.9. The SMILES string of the molecule is CCCC(C)NC(=O)CN1CC(C)OC(CN)C1. The summed E-state index contributed by atoms with van der Waals surface area (Å²) in [6, 6.07) is 0.256. The number of carbonyl (C=O) groups is 1. The second kappa shape index (κ2) is 7.71. The van der Waals surface area contributed by atoms with E-state index in [1.165, 1.54) is 0 Å². The Labute approximate surface area is 110 Å². The highest BCUT2D eigenvalue weighted by Crippen LogP contribution is 2.09. The Bertz CT molecular complexity index is 261. The van der Waals surface area contributed by atoms with Crippen LogP contribution in [-0.4, -0.2) is 55.2 Å². The van der Waals surface area contributed by atoms with E-state index in [4.69, 9.17) is 10.5 Å². The molecule has 0 aromatic heterocycles. The third-order valence-corrected chi connectivity index (χ3v) is 3.16. The number of amides is 1. The first kappa shape index (κ1) is 15.4. The van der Waals surface area contributed by atoms with E-state index in [-0.39, 0.29) is 24.2 Å². The summed E-state index contributed by atoms with van der Waals surface area (Å²) in [5.41, 5.74) is 5.63. The van der Waals surface area contributed by atoms with E-state index in [0.717, 1.165) is 25.9 Å². The number of nitrogens with zero attached hydrogens (tertiary/aromatic N) is 1. The van der Waals surface area contributed by atoms with Gasteiger partial charge in [-0.1, -0.05) is 13.3 Å². The Kier molecular flexibility index (Phi) is 6.60. The first-order chi connectivity index (χ1) is 8.55. The summed E-state index contributed by atoms with van der Waals surface area (Å²) in [5.74, 6) is 0.0980. The molecule has 1 amide bonds. The predicted octanol–water partition coefficient (Wildman–Crippen LogP) is 0.339. The van der Waals surface area contributed by atoms with Crippen LogP contribution in [0, 0.1) is 0 Å². The molecule has 0 aromatic rings. The maximum atomic E-state index is 11.9. The first-order valence-corrected chi connectivity index (χ1v) is 6.92. The summed E-state index contributed by atoms with van der Waals surface area (Å²) < 4.78 is 5.67. The van der Waals surface area contributed by atoms with Crippen molar-refractivity contribution < 1.29 is 9.53 Å². The fraction of sp³-hybridized carbons (Fsp3) is 0.923. The Morgan fingerprint density at radius 2 is 2.28 bits per heavy atom. The summed E-state index contributed by atoms with van der Waals surface area (Å²) in [4.78, 5) is 14.0. The molecule has 1 aliphatic rings. The minimum absolute atomic E-state index is 0.0506. The monoisotopic (exact) mass is 257 g/mol. The van der Waals surface area contributed by atoms with Gasteiger partial charge in [-0.05, 0) is 20.3 Å². The number of hydrogen-bond acceptors (Lipinski definition) is 4. The van der Waals surface area contributed by atoms with Crippen molar-refractivity contribution in [1.29, 1.82) is 0 Å². The average molecular weight is 257 g/mol. The molecule has 3 atom stereocenters. The highest BCUT2D eigenvalue weighted by molar-refractivity contribution is 5.78. The Balaban J connectivity index is 2.34. The topological polar surface area (TPSA) is 67.6 Å². The molecule has 0 spiro atoms. The van der Waals surface area contributed by atoms with Gasteiger partial charge in [0, 0.05) is 25.7 Å². The molecule has 3 unspecified atom stereocenters. The van der Waals surface area contributed by atoms with Crippen molar-refractivity contribution in [3.05, 3.63) is 0 Å². The van der Waals surface area contributed by atoms with Crippen LogP contribution >= 0.6 is 0 Å². The number of hydrogen-bond donors (Lipinski definition) is 2. The molecule has 0 aromatic carbocycles. The fourth-order valence-electron chi connectivity index (χ4n) is 2.43. The van der Waals surface area contributed by atoms with Crippen LogP contribution in [0.3, 0.4) is 0 Å². The number of nitrogens with one attached hydrogen (secondary N) is 1. The lowest BCUT2D eigenvalue weighted by molar-refractivity contribution is -0.126. The van der Waals surface area contributed by atoms with Crippen LogP contribution < -0.4 is 11.1 Å². The van der Waals surface area contributed by atoms with Gasteiger partial charge in [0.2, 0.25) is 5.91 Å². The molecule has 3 N–H and O–H groups in total. The molecule has 0 radical (unpaired) electrons. The van der Waals surface area contributed by atoms with E-state index < -0.39 is 0 Å². The van der Waals surface area contributed by atoms with E-state index >= 15 is 0 Å². The molecule has 5 nitrogen and oxygen atoms in total. The lowest BCUT2D eigenvalue weighted by atomic mass is 10.2. The third kappa shape index (κ3) is 5.33. The molecule has 0 aliphatic carbocycles. The van der Waals surface area contributed by atoms with Crippen LogP contribution in [0.4, 0.5) is 0 Å². The highest BCUT2D eigenvalue weighted by atomic mass is 16.5. The molecule has 1 rings (SSSR count). The van der Waals surface area contributed by atoms with Crippen LogP contribution in [-0.2, 0) is 9.53 Å². The molecule has 106 valence electrons. The summed E-state index contributed by atoms with van der Waals surface area (Å²) in [6.07, 6.45) is 2.31. The number of morpholine rings is 1. The van der Waals surface area contributed by atoms with Crippen LogP contribution in [0.25, 0.3) is 0 Å². The molecular weight excluding hydrogens is 230 g/mol. The van der Waals surface area contributed by atoms with Gasteiger partial charge in [-0.25, -0.2) is 0 Å². The van der Waals surface area contributed by atoms with Crippen molar-refractivity contribution in [3.63, 3.8) is 0 Å². The van der Waals surface area contributed by atoms with Gasteiger partial charge in [0.05, 0.1) is 18.8 Å². The third-order valence-electron chi connectivity index (χ3n) is 3.16. The second-order valence-corrected chi connectivity index (χ2v) is 5.26. The number of rotatable bonds is 6. The molecule has 18 heavy (non-hydrogen) atoms. The van der Waals surface area contributed by atoms with Gasteiger partial charge in [-0.3, -0.25) is 9.69 Å². The van der Waals surface area contributed by atoms with Gasteiger partial charge in [0.15, 0.2) is 0 Å². The molecule has 0 saturated carbocycles. The molecule has 1 saturated heterocycles. The second-order valence-electron chi connectivity index (χ2n) is 5.26. The van der Waals surface area contributed by atoms with Crippen molar-refractivity contribution in [1.82, 2.24) is 10.2 Å². The zero-order valence-electron chi connectivity index (χ0n) is 11.8. The van der Waals surface area contributed by atoms with E-state index in [1.807, 2.05) is 13.8 Å². The van der Waals surface area contributed by atoms with Gasteiger partial charge in [-0.2, -0.15) is 0 Å². The number of carbonyl (C=O) groups excluding carboxylic acids is 1. The maximum absolute atomic E-state index is 11.9. The summed E-state index contributed by atoms with van der Waals surface area (Å²) >= 11 is 0. The number of nitrogens with two attached hydrogens (primary N) is 1. The standard InChI is InChI=1S/C13H27N3O2/c1-4-5-10(2)15-13(17)9-16-7-11(3)18-12(6-14)8-16/h10-12H,4-9,14H2,1-3H3,(H,15,17). The van der Waals surface area contributed by atoms with E-state index in [0.29, 0.717) is 13.1 Å². The van der Waals surface area contributed by atoms with Gasteiger partial charge >= 0.3 is 0 Å². The minimum atomic E-state index is 0.0506. The van der Waals surface area contributed by atoms with Gasteiger partial charge in [0.25, 0.3) is 0 Å². The Morgan fingerprint density at radius 1 is 1.56 bits per heavy atom. The van der Waals surface area contributed by atoms with Crippen molar-refractivity contribution in [3.8, 4) is 0 Å². The average Bonchev–Trinajstić information content (AvgIpc) is 2.27. The Morgan fingerprint density at radius 3 is 2.89 bits per heavy atom. The van der Waals surface area contributed by atoms with E-state index in [2.05, 4.69) is 17.1 Å². The Hall–Kier alpha value is -0.650. The fourth-order valence-corrected chi connectivity index (χ4v) is 2.43.